The van der Waals surface area contributed by atoms with Crippen LogP contribution in [0.3, 0.4) is 0 Å². The number of thioether (sulfide) groups is 2. The molecule has 2 atom stereocenters. The summed E-state index contributed by atoms with van der Waals surface area (Å²) in [6.07, 6.45) is 0.217. The van der Waals surface area contributed by atoms with Gasteiger partial charge in [-0.15, -0.1) is 0 Å². The van der Waals surface area contributed by atoms with Gasteiger partial charge in [0.15, 0.2) is 0 Å². The molecular weight excluding hydrogens is 262 g/mol. The van der Waals surface area contributed by atoms with E-state index in [-0.39, 0.29) is 12.1 Å². The van der Waals surface area contributed by atoms with Gasteiger partial charge >= 0.3 is 0 Å². The zero-order valence-electron chi connectivity index (χ0n) is 11.0. The van der Waals surface area contributed by atoms with Gasteiger partial charge in [0.2, 0.25) is 0 Å². The monoisotopic (exact) mass is 283 g/mol. The first kappa shape index (κ1) is 14.1. The van der Waals surface area contributed by atoms with Crippen LogP contribution in [-0.2, 0) is 0 Å². The number of hydrogen-bond acceptors (Lipinski definition) is 4. The maximum absolute atomic E-state index is 6.35. The number of hydrogen-bond donors (Lipinski definition) is 1. The van der Waals surface area contributed by atoms with Crippen LogP contribution in [0.25, 0.3) is 0 Å². The Bertz CT molecular complexity index is 361. The first-order valence-corrected chi connectivity index (χ1v) is 8.58. The van der Waals surface area contributed by atoms with Crippen molar-refractivity contribution < 1.29 is 4.74 Å². The Morgan fingerprint density at radius 1 is 1.22 bits per heavy atom. The van der Waals surface area contributed by atoms with E-state index in [1.807, 2.05) is 49.5 Å². The van der Waals surface area contributed by atoms with Gasteiger partial charge < -0.3 is 10.5 Å². The summed E-state index contributed by atoms with van der Waals surface area (Å²) in [7, 11) is 0. The van der Waals surface area contributed by atoms with Crippen LogP contribution in [0.15, 0.2) is 24.3 Å². The van der Waals surface area contributed by atoms with Crippen LogP contribution < -0.4 is 10.5 Å². The summed E-state index contributed by atoms with van der Waals surface area (Å²) < 4.78 is 5.64. The average Bonchev–Trinajstić information content (AvgIpc) is 2.39. The summed E-state index contributed by atoms with van der Waals surface area (Å²) in [4.78, 5) is 0. The lowest BCUT2D eigenvalue weighted by molar-refractivity contribution is 0.242. The van der Waals surface area contributed by atoms with E-state index in [2.05, 4.69) is 12.1 Å². The zero-order valence-corrected chi connectivity index (χ0v) is 12.6. The molecule has 100 valence electrons. The fourth-order valence-electron chi connectivity index (χ4n) is 1.97. The Balaban J connectivity index is 1.99. The van der Waals surface area contributed by atoms with Gasteiger partial charge in [-0.1, -0.05) is 12.1 Å². The molecule has 0 bridgehead atoms. The molecule has 0 amide bonds. The van der Waals surface area contributed by atoms with Crippen molar-refractivity contribution in [3.63, 3.8) is 0 Å². The maximum atomic E-state index is 6.35. The van der Waals surface area contributed by atoms with Gasteiger partial charge in [-0.2, -0.15) is 23.5 Å². The van der Waals surface area contributed by atoms with Gasteiger partial charge in [0.1, 0.15) is 5.75 Å². The van der Waals surface area contributed by atoms with Gasteiger partial charge in [-0.05, 0) is 31.5 Å². The molecule has 2 N–H and O–H groups in total. The lowest BCUT2D eigenvalue weighted by atomic mass is 10.1. The Hall–Kier alpha value is -0.320. The normalized spacial score (nSPS) is 21.9. The molecule has 4 heteroatoms. The van der Waals surface area contributed by atoms with E-state index in [4.69, 9.17) is 10.5 Å². The van der Waals surface area contributed by atoms with E-state index in [0.29, 0.717) is 5.25 Å². The zero-order chi connectivity index (χ0) is 13.0. The topological polar surface area (TPSA) is 35.2 Å². The minimum atomic E-state index is 0.135. The van der Waals surface area contributed by atoms with Crippen LogP contribution in [0.2, 0.25) is 0 Å². The van der Waals surface area contributed by atoms with Crippen molar-refractivity contribution in [3.05, 3.63) is 29.8 Å². The number of nitrogens with two attached hydrogens (primary N) is 1. The fraction of sp³-hybridized carbons (Fsp3) is 0.571. The molecule has 1 saturated heterocycles. The Morgan fingerprint density at radius 3 is 2.50 bits per heavy atom. The largest absolute Gasteiger partial charge is 0.491 e. The highest BCUT2D eigenvalue weighted by Crippen LogP contribution is 2.32. The quantitative estimate of drug-likeness (QED) is 0.919. The molecule has 0 aliphatic carbocycles. The molecule has 1 aromatic rings. The first-order valence-electron chi connectivity index (χ1n) is 6.38. The van der Waals surface area contributed by atoms with E-state index >= 15 is 0 Å². The van der Waals surface area contributed by atoms with Crippen molar-refractivity contribution in [1.29, 1.82) is 0 Å². The summed E-state index contributed by atoms with van der Waals surface area (Å²) in [5.74, 6) is 4.56. The number of ether oxygens (including phenoxy) is 1. The summed E-state index contributed by atoms with van der Waals surface area (Å²) in [6, 6.07) is 8.38. The number of benzene rings is 1. The lowest BCUT2D eigenvalue weighted by Crippen LogP contribution is -2.28. The van der Waals surface area contributed by atoms with Crippen molar-refractivity contribution >= 4 is 23.5 Å². The molecule has 2 unspecified atom stereocenters. The van der Waals surface area contributed by atoms with Gasteiger partial charge in [-0.25, -0.2) is 0 Å². The maximum Gasteiger partial charge on any atom is 0.119 e. The molecule has 0 saturated carbocycles. The van der Waals surface area contributed by atoms with Crippen LogP contribution in [0.5, 0.6) is 5.75 Å². The Morgan fingerprint density at radius 2 is 1.94 bits per heavy atom. The van der Waals surface area contributed by atoms with Crippen molar-refractivity contribution in [2.45, 2.75) is 31.2 Å². The van der Waals surface area contributed by atoms with Crippen molar-refractivity contribution in [2.75, 3.05) is 17.3 Å². The van der Waals surface area contributed by atoms with Crippen LogP contribution in [0.1, 0.15) is 25.5 Å². The molecule has 0 radical (unpaired) electrons. The smallest absolute Gasteiger partial charge is 0.119 e. The van der Waals surface area contributed by atoms with Gasteiger partial charge in [0, 0.05) is 28.6 Å². The van der Waals surface area contributed by atoms with Crippen LogP contribution in [0.4, 0.5) is 0 Å². The summed E-state index contributed by atoms with van der Waals surface area (Å²) in [6.45, 7) is 4.07. The molecule has 1 aliphatic rings. The minimum absolute atomic E-state index is 0.135. The molecule has 2 nitrogen and oxygen atoms in total. The molecule has 0 aromatic heterocycles. The van der Waals surface area contributed by atoms with Crippen LogP contribution >= 0.6 is 23.5 Å². The second-order valence-electron chi connectivity index (χ2n) is 4.75. The molecule has 1 aromatic carbocycles. The number of rotatable bonds is 4. The van der Waals surface area contributed by atoms with E-state index < -0.39 is 0 Å². The van der Waals surface area contributed by atoms with Crippen LogP contribution in [-0.4, -0.2) is 28.6 Å². The lowest BCUT2D eigenvalue weighted by Gasteiger charge is -2.27. The average molecular weight is 283 g/mol. The predicted octanol–water partition coefficient (Wildman–Crippen LogP) is 3.32. The molecule has 1 heterocycles. The molecule has 0 spiro atoms. The second kappa shape index (κ2) is 6.73. The SMILES string of the molecule is CC(C)Oc1ccc(C(N)C2CSCCS2)cc1. The molecular formula is C14H21NOS2. The van der Waals surface area contributed by atoms with Crippen molar-refractivity contribution in [3.8, 4) is 5.75 Å². The summed E-state index contributed by atoms with van der Waals surface area (Å²) in [5.41, 5.74) is 7.56. The predicted molar refractivity (Wildman–Crippen MR) is 82.7 cm³/mol. The minimum Gasteiger partial charge on any atom is -0.491 e. The van der Waals surface area contributed by atoms with Gasteiger partial charge in [0.25, 0.3) is 0 Å². The van der Waals surface area contributed by atoms with Crippen molar-refractivity contribution in [1.82, 2.24) is 0 Å². The van der Waals surface area contributed by atoms with Crippen LogP contribution in [0, 0.1) is 0 Å². The third-order valence-electron chi connectivity index (χ3n) is 2.88. The Kier molecular flexibility index (Phi) is 5.27. The van der Waals surface area contributed by atoms with E-state index in [1.54, 1.807) is 0 Å². The fourth-order valence-corrected chi connectivity index (χ4v) is 4.77. The van der Waals surface area contributed by atoms with Gasteiger partial charge in [-0.3, -0.25) is 0 Å². The highest BCUT2D eigenvalue weighted by molar-refractivity contribution is 8.06. The molecule has 1 aliphatic heterocycles. The van der Waals surface area contributed by atoms with Crippen molar-refractivity contribution in [2.24, 2.45) is 5.73 Å². The highest BCUT2D eigenvalue weighted by atomic mass is 32.2. The standard InChI is InChI=1S/C14H21NOS2/c1-10(2)16-12-5-3-11(4-6-12)14(15)13-9-17-7-8-18-13/h3-6,10,13-14H,7-9,15H2,1-2H3. The summed E-state index contributed by atoms with van der Waals surface area (Å²) >= 11 is 4.02. The Labute approximate surface area is 118 Å². The van der Waals surface area contributed by atoms with E-state index in [0.717, 1.165) is 11.5 Å². The van der Waals surface area contributed by atoms with E-state index in [1.165, 1.54) is 17.1 Å². The summed E-state index contributed by atoms with van der Waals surface area (Å²) in [5, 5.41) is 0.542. The first-order chi connectivity index (χ1) is 8.66. The van der Waals surface area contributed by atoms with E-state index in [9.17, 15) is 0 Å². The second-order valence-corrected chi connectivity index (χ2v) is 7.24. The third kappa shape index (κ3) is 3.84. The highest BCUT2D eigenvalue weighted by Gasteiger charge is 2.22. The molecule has 18 heavy (non-hydrogen) atoms. The van der Waals surface area contributed by atoms with Gasteiger partial charge in [0.05, 0.1) is 6.10 Å². The molecule has 1 fully saturated rings. The third-order valence-corrected chi connectivity index (χ3v) is 5.76. The molecule has 2 rings (SSSR count).